The molecule has 1 amide bonds. The first-order valence-corrected chi connectivity index (χ1v) is 9.33. The van der Waals surface area contributed by atoms with Crippen LogP contribution in [0.5, 0.6) is 5.75 Å². The molecule has 3 rings (SSSR count). The molecule has 0 aromatic heterocycles. The van der Waals surface area contributed by atoms with E-state index in [0.717, 1.165) is 35.3 Å². The minimum Gasteiger partial charge on any atom is -0.494 e. The molecular weight excluding hydrogens is 326 g/mol. The third kappa shape index (κ3) is 3.61. The smallest absolute Gasteiger partial charge is 0.255 e. The summed E-state index contributed by atoms with van der Waals surface area (Å²) >= 11 is 0. The minimum absolute atomic E-state index is 0.0278. The number of aryl methyl sites for hydroxylation is 1. The summed E-state index contributed by atoms with van der Waals surface area (Å²) in [5.41, 5.74) is 4.20. The zero-order valence-electron chi connectivity index (χ0n) is 15.8. The molecule has 4 nitrogen and oxygen atoms in total. The van der Waals surface area contributed by atoms with E-state index in [1.165, 1.54) is 5.56 Å². The maximum Gasteiger partial charge on any atom is 0.255 e. The Bertz CT molecular complexity index is 772. The maximum absolute atomic E-state index is 13.0. The first kappa shape index (κ1) is 18.5. The van der Waals surface area contributed by atoms with Gasteiger partial charge in [0.2, 0.25) is 0 Å². The SMILES string of the molecule is CCOc1cc(C(CCOC)N2Cc3ccccc3C2=O)ccc1CC. The molecule has 0 saturated carbocycles. The average molecular weight is 353 g/mol. The summed E-state index contributed by atoms with van der Waals surface area (Å²) in [6, 6.07) is 14.2. The van der Waals surface area contributed by atoms with E-state index in [1.54, 1.807) is 7.11 Å². The van der Waals surface area contributed by atoms with E-state index in [4.69, 9.17) is 9.47 Å². The summed E-state index contributed by atoms with van der Waals surface area (Å²) < 4.78 is 11.2. The van der Waals surface area contributed by atoms with Crippen molar-refractivity contribution in [3.8, 4) is 5.75 Å². The normalized spacial score (nSPS) is 14.4. The van der Waals surface area contributed by atoms with Crippen LogP contribution < -0.4 is 4.74 Å². The third-order valence-electron chi connectivity index (χ3n) is 4.98. The summed E-state index contributed by atoms with van der Waals surface area (Å²) in [6.07, 6.45) is 1.68. The van der Waals surface area contributed by atoms with Crippen molar-refractivity contribution in [3.63, 3.8) is 0 Å². The van der Waals surface area contributed by atoms with Crippen molar-refractivity contribution in [2.45, 2.75) is 39.3 Å². The molecule has 1 atom stereocenters. The Kier molecular flexibility index (Phi) is 5.94. The molecule has 0 spiro atoms. The summed E-state index contributed by atoms with van der Waals surface area (Å²) in [6.45, 7) is 6.00. The topological polar surface area (TPSA) is 38.8 Å². The minimum atomic E-state index is -0.0278. The molecule has 26 heavy (non-hydrogen) atoms. The van der Waals surface area contributed by atoms with Gasteiger partial charge in [0, 0.05) is 25.8 Å². The van der Waals surface area contributed by atoms with Crippen LogP contribution in [0.2, 0.25) is 0 Å². The average Bonchev–Trinajstić information content (AvgIpc) is 3.00. The molecule has 1 aliphatic rings. The van der Waals surface area contributed by atoms with Crippen LogP contribution in [0.1, 0.15) is 53.4 Å². The number of hydrogen-bond donors (Lipinski definition) is 0. The monoisotopic (exact) mass is 353 g/mol. The number of methoxy groups -OCH3 is 1. The fraction of sp³-hybridized carbons (Fsp3) is 0.409. The largest absolute Gasteiger partial charge is 0.494 e. The second kappa shape index (κ2) is 8.37. The van der Waals surface area contributed by atoms with Gasteiger partial charge in [-0.05, 0) is 48.6 Å². The van der Waals surface area contributed by atoms with Crippen molar-refractivity contribution in [2.75, 3.05) is 20.3 Å². The van der Waals surface area contributed by atoms with Crippen LogP contribution in [-0.4, -0.2) is 31.1 Å². The summed E-state index contributed by atoms with van der Waals surface area (Å²) in [5.74, 6) is 1.01. The van der Waals surface area contributed by atoms with E-state index in [2.05, 4.69) is 25.1 Å². The lowest BCUT2D eigenvalue weighted by atomic mass is 9.99. The highest BCUT2D eigenvalue weighted by atomic mass is 16.5. The van der Waals surface area contributed by atoms with Gasteiger partial charge in [0.1, 0.15) is 5.75 Å². The number of carbonyl (C=O) groups excluding carboxylic acids is 1. The fourth-order valence-corrected chi connectivity index (χ4v) is 3.62. The fourth-order valence-electron chi connectivity index (χ4n) is 3.62. The van der Waals surface area contributed by atoms with E-state index in [9.17, 15) is 4.79 Å². The van der Waals surface area contributed by atoms with E-state index < -0.39 is 0 Å². The molecule has 138 valence electrons. The van der Waals surface area contributed by atoms with Gasteiger partial charge < -0.3 is 14.4 Å². The quantitative estimate of drug-likeness (QED) is 0.707. The number of carbonyl (C=O) groups is 1. The van der Waals surface area contributed by atoms with Crippen molar-refractivity contribution in [1.29, 1.82) is 0 Å². The van der Waals surface area contributed by atoms with Crippen LogP contribution in [0.15, 0.2) is 42.5 Å². The Morgan fingerprint density at radius 1 is 1.15 bits per heavy atom. The van der Waals surface area contributed by atoms with Crippen LogP contribution in [0.25, 0.3) is 0 Å². The van der Waals surface area contributed by atoms with Crippen LogP contribution in [0.4, 0.5) is 0 Å². The van der Waals surface area contributed by atoms with Crippen LogP contribution in [0, 0.1) is 0 Å². The van der Waals surface area contributed by atoms with Gasteiger partial charge >= 0.3 is 0 Å². The summed E-state index contributed by atoms with van der Waals surface area (Å²) in [5, 5.41) is 0. The predicted octanol–water partition coefficient (Wildman–Crippen LogP) is 4.38. The lowest BCUT2D eigenvalue weighted by molar-refractivity contribution is 0.0652. The van der Waals surface area contributed by atoms with Crippen molar-refractivity contribution >= 4 is 5.91 Å². The number of amides is 1. The molecule has 2 aromatic carbocycles. The molecule has 0 bridgehead atoms. The van der Waals surface area contributed by atoms with E-state index in [1.807, 2.05) is 36.1 Å². The highest BCUT2D eigenvalue weighted by Crippen LogP contribution is 2.35. The number of benzene rings is 2. The molecular formula is C22H27NO3. The van der Waals surface area contributed by atoms with Crippen LogP contribution >= 0.6 is 0 Å². The number of nitrogens with zero attached hydrogens (tertiary/aromatic N) is 1. The van der Waals surface area contributed by atoms with Gasteiger partial charge in [-0.15, -0.1) is 0 Å². The van der Waals surface area contributed by atoms with Gasteiger partial charge in [-0.3, -0.25) is 4.79 Å². The molecule has 1 heterocycles. The van der Waals surface area contributed by atoms with E-state index in [0.29, 0.717) is 19.8 Å². The molecule has 0 radical (unpaired) electrons. The molecule has 1 aliphatic heterocycles. The first-order valence-electron chi connectivity index (χ1n) is 9.33. The molecule has 0 aliphatic carbocycles. The second-order valence-corrected chi connectivity index (χ2v) is 6.54. The zero-order chi connectivity index (χ0) is 18.5. The third-order valence-corrected chi connectivity index (χ3v) is 4.98. The van der Waals surface area contributed by atoms with Crippen LogP contribution in [-0.2, 0) is 17.7 Å². The van der Waals surface area contributed by atoms with Crippen molar-refractivity contribution in [2.24, 2.45) is 0 Å². The van der Waals surface area contributed by atoms with E-state index in [-0.39, 0.29) is 11.9 Å². The Morgan fingerprint density at radius 3 is 2.65 bits per heavy atom. The highest BCUT2D eigenvalue weighted by molar-refractivity contribution is 5.98. The van der Waals surface area contributed by atoms with Gasteiger partial charge in [-0.25, -0.2) is 0 Å². The Morgan fingerprint density at radius 2 is 1.96 bits per heavy atom. The number of ether oxygens (including phenoxy) is 2. The second-order valence-electron chi connectivity index (χ2n) is 6.54. The Hall–Kier alpha value is -2.33. The predicted molar refractivity (Wildman–Crippen MR) is 103 cm³/mol. The van der Waals surface area contributed by atoms with Crippen molar-refractivity contribution in [1.82, 2.24) is 4.90 Å². The molecule has 0 fully saturated rings. The molecule has 2 aromatic rings. The van der Waals surface area contributed by atoms with Gasteiger partial charge in [-0.1, -0.05) is 37.3 Å². The van der Waals surface area contributed by atoms with Crippen LogP contribution in [0.3, 0.4) is 0 Å². The van der Waals surface area contributed by atoms with E-state index >= 15 is 0 Å². The number of fused-ring (bicyclic) bond motifs is 1. The Balaban J connectivity index is 1.94. The summed E-state index contributed by atoms with van der Waals surface area (Å²) in [4.78, 5) is 14.9. The van der Waals surface area contributed by atoms with Gasteiger partial charge in [0.05, 0.1) is 12.6 Å². The standard InChI is InChI=1S/C22H27NO3/c1-4-16-10-11-17(14-21(16)26-5-2)20(12-13-25-3)23-15-18-8-6-7-9-19(18)22(23)24/h6-11,14,20H,4-5,12-13,15H2,1-3H3. The Labute approximate surface area is 155 Å². The lowest BCUT2D eigenvalue weighted by Gasteiger charge is -2.29. The summed E-state index contributed by atoms with van der Waals surface area (Å²) in [7, 11) is 1.70. The number of rotatable bonds is 8. The molecule has 4 heteroatoms. The molecule has 0 saturated heterocycles. The van der Waals surface area contributed by atoms with Gasteiger partial charge in [0.15, 0.2) is 0 Å². The lowest BCUT2D eigenvalue weighted by Crippen LogP contribution is -2.30. The highest BCUT2D eigenvalue weighted by Gasteiger charge is 2.33. The van der Waals surface area contributed by atoms with Crippen molar-refractivity contribution in [3.05, 3.63) is 64.7 Å². The maximum atomic E-state index is 13.0. The zero-order valence-corrected chi connectivity index (χ0v) is 15.8. The van der Waals surface area contributed by atoms with Crippen molar-refractivity contribution < 1.29 is 14.3 Å². The van der Waals surface area contributed by atoms with Gasteiger partial charge in [0.25, 0.3) is 5.91 Å². The molecule has 0 N–H and O–H groups in total. The number of hydrogen-bond acceptors (Lipinski definition) is 3. The van der Waals surface area contributed by atoms with Gasteiger partial charge in [-0.2, -0.15) is 0 Å². The molecule has 1 unspecified atom stereocenters. The first-order chi connectivity index (χ1) is 12.7.